The van der Waals surface area contributed by atoms with E-state index in [9.17, 15) is 9.90 Å². The lowest BCUT2D eigenvalue weighted by atomic mass is 10.3. The molecular weight excluding hydrogens is 198 g/mol. The number of aliphatic hydroxyl groups is 1. The number of carbonyl (C=O) groups is 1. The molecule has 0 fully saturated rings. The van der Waals surface area contributed by atoms with Crippen LogP contribution in [0, 0.1) is 0 Å². The number of nitrogens with zero attached hydrogens (tertiary/aromatic N) is 1. The van der Waals surface area contributed by atoms with Crippen LogP contribution in [0.4, 0.5) is 0 Å². The molecule has 0 bridgehead atoms. The van der Waals surface area contributed by atoms with Gasteiger partial charge >= 0.3 is 5.97 Å². The van der Waals surface area contributed by atoms with Crippen molar-refractivity contribution in [2.75, 3.05) is 33.9 Å². The fourth-order valence-corrected chi connectivity index (χ4v) is 1.07. The van der Waals surface area contributed by atoms with Crippen molar-refractivity contribution >= 4 is 5.97 Å². The molecule has 1 atom stereocenters. The summed E-state index contributed by atoms with van der Waals surface area (Å²) in [5, 5.41) is 9.54. The average Bonchev–Trinajstić information content (AvgIpc) is 2.14. The Bertz CT molecular complexity index is 184. The summed E-state index contributed by atoms with van der Waals surface area (Å²) in [7, 11) is 3.09. The van der Waals surface area contributed by atoms with Gasteiger partial charge in [0.2, 0.25) is 0 Å². The zero-order chi connectivity index (χ0) is 11.8. The maximum Gasteiger partial charge on any atom is 0.319 e. The zero-order valence-corrected chi connectivity index (χ0v) is 9.90. The van der Waals surface area contributed by atoms with Gasteiger partial charge in [0.25, 0.3) is 0 Å². The van der Waals surface area contributed by atoms with E-state index in [4.69, 9.17) is 4.74 Å². The number of hydrogen-bond donors (Lipinski definition) is 1. The minimum Gasteiger partial charge on any atom is -0.468 e. The third kappa shape index (κ3) is 8.35. The molecule has 15 heavy (non-hydrogen) atoms. The first-order valence-corrected chi connectivity index (χ1v) is 5.00. The van der Waals surface area contributed by atoms with Crippen LogP contribution in [-0.2, 0) is 14.3 Å². The Morgan fingerprint density at radius 3 is 2.53 bits per heavy atom. The van der Waals surface area contributed by atoms with Gasteiger partial charge in [-0.2, -0.15) is 0 Å². The van der Waals surface area contributed by atoms with E-state index in [0.29, 0.717) is 6.54 Å². The summed E-state index contributed by atoms with van der Waals surface area (Å²) in [6, 6.07) is 0. The molecule has 0 saturated carbocycles. The standard InChI is InChI=1S/C10H21NO4/c1-8(2)15-7-9(12)5-11(3)6-10(13)14-4/h8-9,12H,5-7H2,1-4H3. The monoisotopic (exact) mass is 219 g/mol. The van der Waals surface area contributed by atoms with Crippen molar-refractivity contribution in [3.05, 3.63) is 0 Å². The van der Waals surface area contributed by atoms with Crippen molar-refractivity contribution in [3.63, 3.8) is 0 Å². The highest BCUT2D eigenvalue weighted by Gasteiger charge is 2.12. The lowest BCUT2D eigenvalue weighted by Crippen LogP contribution is -2.36. The Hall–Kier alpha value is -0.650. The van der Waals surface area contributed by atoms with Crippen LogP contribution >= 0.6 is 0 Å². The third-order valence-corrected chi connectivity index (χ3v) is 1.77. The molecule has 0 aliphatic heterocycles. The summed E-state index contributed by atoms with van der Waals surface area (Å²) >= 11 is 0. The molecule has 0 saturated heterocycles. The Kier molecular flexibility index (Phi) is 7.29. The van der Waals surface area contributed by atoms with E-state index in [1.54, 1.807) is 11.9 Å². The van der Waals surface area contributed by atoms with Gasteiger partial charge in [0, 0.05) is 6.54 Å². The molecule has 0 aromatic rings. The minimum atomic E-state index is -0.581. The SMILES string of the molecule is COC(=O)CN(C)CC(O)COC(C)C. The third-order valence-electron chi connectivity index (χ3n) is 1.77. The Morgan fingerprint density at radius 1 is 1.47 bits per heavy atom. The summed E-state index contributed by atoms with van der Waals surface area (Å²) < 4.78 is 9.75. The second-order valence-electron chi connectivity index (χ2n) is 3.81. The second kappa shape index (κ2) is 7.62. The molecule has 5 heteroatoms. The second-order valence-corrected chi connectivity index (χ2v) is 3.81. The minimum absolute atomic E-state index is 0.102. The average molecular weight is 219 g/mol. The summed E-state index contributed by atoms with van der Waals surface area (Å²) in [5.41, 5.74) is 0. The van der Waals surface area contributed by atoms with E-state index < -0.39 is 6.10 Å². The van der Waals surface area contributed by atoms with Gasteiger partial charge in [-0.05, 0) is 20.9 Å². The predicted octanol–water partition coefficient (Wildman–Crippen LogP) is -0.123. The Balaban J connectivity index is 3.66. The Labute approximate surface area is 91.0 Å². The molecular formula is C10H21NO4. The van der Waals surface area contributed by atoms with Crippen LogP contribution in [0.15, 0.2) is 0 Å². The topological polar surface area (TPSA) is 59.0 Å². The van der Waals surface area contributed by atoms with Gasteiger partial charge in [0.1, 0.15) is 0 Å². The molecule has 0 spiro atoms. The summed E-state index contributed by atoms with van der Waals surface area (Å²) in [6.45, 7) is 4.66. The summed E-state index contributed by atoms with van der Waals surface area (Å²) in [6.07, 6.45) is -0.479. The van der Waals surface area contributed by atoms with Gasteiger partial charge in [-0.25, -0.2) is 0 Å². The van der Waals surface area contributed by atoms with E-state index >= 15 is 0 Å². The van der Waals surface area contributed by atoms with E-state index in [2.05, 4.69) is 4.74 Å². The lowest BCUT2D eigenvalue weighted by molar-refractivity contribution is -0.142. The van der Waals surface area contributed by atoms with Crippen molar-refractivity contribution in [1.29, 1.82) is 0 Å². The number of carbonyl (C=O) groups excluding carboxylic acids is 1. The van der Waals surface area contributed by atoms with Gasteiger partial charge in [-0.1, -0.05) is 0 Å². The number of hydrogen-bond acceptors (Lipinski definition) is 5. The number of rotatable bonds is 7. The normalized spacial score (nSPS) is 13.3. The molecule has 0 aliphatic rings. The highest BCUT2D eigenvalue weighted by molar-refractivity contribution is 5.71. The number of likely N-dealkylation sites (N-methyl/N-ethyl adjacent to an activating group) is 1. The highest BCUT2D eigenvalue weighted by Crippen LogP contribution is 1.94. The maximum atomic E-state index is 10.9. The first-order valence-electron chi connectivity index (χ1n) is 5.00. The Morgan fingerprint density at radius 2 is 2.07 bits per heavy atom. The van der Waals surface area contributed by atoms with E-state index in [-0.39, 0.29) is 25.2 Å². The molecule has 1 N–H and O–H groups in total. The van der Waals surface area contributed by atoms with Crippen LogP contribution in [0.25, 0.3) is 0 Å². The smallest absolute Gasteiger partial charge is 0.319 e. The molecule has 1 unspecified atom stereocenters. The van der Waals surface area contributed by atoms with Crippen molar-refractivity contribution in [2.45, 2.75) is 26.1 Å². The molecule has 0 amide bonds. The van der Waals surface area contributed by atoms with Crippen molar-refractivity contribution in [3.8, 4) is 0 Å². The van der Waals surface area contributed by atoms with Crippen LogP contribution < -0.4 is 0 Å². The molecule has 0 aliphatic carbocycles. The van der Waals surface area contributed by atoms with Crippen LogP contribution in [0.2, 0.25) is 0 Å². The molecule has 90 valence electrons. The van der Waals surface area contributed by atoms with Crippen LogP contribution in [0.3, 0.4) is 0 Å². The molecule has 0 aromatic carbocycles. The zero-order valence-electron chi connectivity index (χ0n) is 9.90. The van der Waals surface area contributed by atoms with Crippen LogP contribution in [0.5, 0.6) is 0 Å². The van der Waals surface area contributed by atoms with Crippen LogP contribution in [0.1, 0.15) is 13.8 Å². The molecule has 0 aromatic heterocycles. The van der Waals surface area contributed by atoms with E-state index in [1.165, 1.54) is 7.11 Å². The first-order chi connectivity index (χ1) is 6.95. The molecule has 5 nitrogen and oxygen atoms in total. The van der Waals surface area contributed by atoms with Gasteiger partial charge in [0.05, 0.1) is 32.5 Å². The first kappa shape index (κ1) is 14.3. The summed E-state index contributed by atoms with van der Waals surface area (Å²) in [4.78, 5) is 12.6. The lowest BCUT2D eigenvalue weighted by Gasteiger charge is -2.20. The fraction of sp³-hybridized carbons (Fsp3) is 0.900. The fourth-order valence-electron chi connectivity index (χ4n) is 1.07. The van der Waals surface area contributed by atoms with E-state index in [0.717, 1.165) is 0 Å². The molecule has 0 rings (SSSR count). The van der Waals surface area contributed by atoms with Gasteiger partial charge in [-0.15, -0.1) is 0 Å². The number of esters is 1. The molecule has 0 heterocycles. The highest BCUT2D eigenvalue weighted by atomic mass is 16.5. The number of aliphatic hydroxyl groups excluding tert-OH is 1. The number of ether oxygens (including phenoxy) is 2. The van der Waals surface area contributed by atoms with Crippen molar-refractivity contribution in [1.82, 2.24) is 4.90 Å². The largest absolute Gasteiger partial charge is 0.468 e. The quantitative estimate of drug-likeness (QED) is 0.605. The number of methoxy groups -OCH3 is 1. The van der Waals surface area contributed by atoms with Gasteiger partial charge < -0.3 is 14.6 Å². The summed E-state index contributed by atoms with van der Waals surface area (Å²) in [5.74, 6) is -0.311. The maximum absolute atomic E-state index is 10.9. The van der Waals surface area contributed by atoms with E-state index in [1.807, 2.05) is 13.8 Å². The van der Waals surface area contributed by atoms with Crippen molar-refractivity contribution < 1.29 is 19.4 Å². The molecule has 0 radical (unpaired) electrons. The van der Waals surface area contributed by atoms with Gasteiger partial charge in [-0.3, -0.25) is 9.69 Å². The van der Waals surface area contributed by atoms with Crippen molar-refractivity contribution in [2.24, 2.45) is 0 Å². The predicted molar refractivity (Wildman–Crippen MR) is 56.6 cm³/mol. The van der Waals surface area contributed by atoms with Crippen LogP contribution in [-0.4, -0.2) is 62.0 Å². The van der Waals surface area contributed by atoms with Gasteiger partial charge in [0.15, 0.2) is 0 Å².